The van der Waals surface area contributed by atoms with E-state index < -0.39 is 0 Å². The highest BCUT2D eigenvalue weighted by molar-refractivity contribution is 5.92. The van der Waals surface area contributed by atoms with Gasteiger partial charge in [-0.05, 0) is 37.6 Å². The maximum atomic E-state index is 13.0. The topological polar surface area (TPSA) is 76.5 Å². The molecule has 7 heteroatoms. The highest BCUT2D eigenvalue weighted by atomic mass is 16.5. The number of nitrogens with one attached hydrogen (secondary N) is 1. The van der Waals surface area contributed by atoms with Crippen LogP contribution in [0, 0.1) is 6.92 Å². The third-order valence-electron chi connectivity index (χ3n) is 4.98. The number of carbonyl (C=O) groups excluding carboxylic acids is 2. The van der Waals surface area contributed by atoms with Crippen LogP contribution in [0.4, 0.5) is 0 Å². The molecule has 1 N–H and O–H groups in total. The number of likely N-dealkylation sites (N-methyl/N-ethyl adjacent to an activating group) is 1. The van der Waals surface area contributed by atoms with E-state index in [0.717, 1.165) is 16.9 Å². The van der Waals surface area contributed by atoms with Gasteiger partial charge in [0.05, 0.1) is 11.7 Å². The van der Waals surface area contributed by atoms with Gasteiger partial charge in [-0.1, -0.05) is 43.3 Å². The summed E-state index contributed by atoms with van der Waals surface area (Å²) in [6, 6.07) is 18.6. The van der Waals surface area contributed by atoms with Crippen LogP contribution in [0.1, 0.15) is 41.1 Å². The lowest BCUT2D eigenvalue weighted by atomic mass is 10.0. The second-order valence-corrected chi connectivity index (χ2v) is 7.47. The lowest BCUT2D eigenvalue weighted by Crippen LogP contribution is -2.30. The number of nitrogens with zero attached hydrogens (tertiary/aromatic N) is 3. The molecule has 1 unspecified atom stereocenters. The van der Waals surface area contributed by atoms with E-state index in [1.165, 1.54) is 4.90 Å². The summed E-state index contributed by atoms with van der Waals surface area (Å²) in [6.07, 6.45) is 0.659. The summed E-state index contributed by atoms with van der Waals surface area (Å²) in [4.78, 5) is 26.3. The van der Waals surface area contributed by atoms with Crippen molar-refractivity contribution in [1.82, 2.24) is 20.0 Å². The molecule has 7 nitrogen and oxygen atoms in total. The Balaban J connectivity index is 1.78. The van der Waals surface area contributed by atoms with Gasteiger partial charge >= 0.3 is 0 Å². The fourth-order valence-corrected chi connectivity index (χ4v) is 3.22. The molecule has 31 heavy (non-hydrogen) atoms. The maximum absolute atomic E-state index is 13.0. The average Bonchev–Trinajstić information content (AvgIpc) is 3.18. The summed E-state index contributed by atoms with van der Waals surface area (Å²) in [5, 5.41) is 7.54. The van der Waals surface area contributed by atoms with E-state index in [4.69, 9.17) is 4.74 Å². The van der Waals surface area contributed by atoms with Gasteiger partial charge in [-0.15, -0.1) is 0 Å². The van der Waals surface area contributed by atoms with Crippen molar-refractivity contribution in [3.63, 3.8) is 0 Å². The number of ether oxygens (including phenoxy) is 1. The van der Waals surface area contributed by atoms with Gasteiger partial charge in [-0.2, -0.15) is 5.10 Å². The normalized spacial score (nSPS) is 11.6. The van der Waals surface area contributed by atoms with Crippen molar-refractivity contribution >= 4 is 11.8 Å². The molecule has 3 rings (SSSR count). The number of para-hydroxylation sites is 2. The molecule has 0 fully saturated rings. The Hall–Kier alpha value is -3.61. The van der Waals surface area contributed by atoms with Gasteiger partial charge in [-0.3, -0.25) is 9.59 Å². The van der Waals surface area contributed by atoms with E-state index in [1.54, 1.807) is 30.9 Å². The molecule has 0 bridgehead atoms. The predicted octanol–water partition coefficient (Wildman–Crippen LogP) is 3.53. The van der Waals surface area contributed by atoms with Crippen molar-refractivity contribution in [2.24, 2.45) is 0 Å². The van der Waals surface area contributed by atoms with Crippen LogP contribution in [0.15, 0.2) is 60.7 Å². The molecule has 2 aromatic carbocycles. The van der Waals surface area contributed by atoms with E-state index in [0.29, 0.717) is 17.9 Å². The van der Waals surface area contributed by atoms with E-state index in [1.807, 2.05) is 62.4 Å². The van der Waals surface area contributed by atoms with Crippen LogP contribution in [-0.4, -0.2) is 47.2 Å². The highest BCUT2D eigenvalue weighted by Gasteiger charge is 2.21. The monoisotopic (exact) mass is 420 g/mol. The lowest BCUT2D eigenvalue weighted by Gasteiger charge is -2.20. The summed E-state index contributed by atoms with van der Waals surface area (Å²) in [7, 11) is 3.37. The Morgan fingerprint density at radius 2 is 1.77 bits per heavy atom. The van der Waals surface area contributed by atoms with Gasteiger partial charge in [0.25, 0.3) is 11.8 Å². The fourth-order valence-electron chi connectivity index (χ4n) is 3.22. The Labute approximate surface area is 182 Å². The molecule has 0 aliphatic heterocycles. The van der Waals surface area contributed by atoms with Crippen LogP contribution < -0.4 is 10.1 Å². The Kier molecular flexibility index (Phi) is 7.07. The summed E-state index contributed by atoms with van der Waals surface area (Å²) in [5.41, 5.74) is 2.94. The Morgan fingerprint density at radius 1 is 1.10 bits per heavy atom. The molecule has 1 aromatic heterocycles. The number of amides is 2. The molecule has 0 saturated heterocycles. The number of carbonyl (C=O) groups is 2. The molecule has 0 radical (unpaired) electrons. The predicted molar refractivity (Wildman–Crippen MR) is 119 cm³/mol. The van der Waals surface area contributed by atoms with Gasteiger partial charge < -0.3 is 15.0 Å². The Morgan fingerprint density at radius 3 is 2.45 bits per heavy atom. The van der Waals surface area contributed by atoms with Crippen molar-refractivity contribution < 1.29 is 14.3 Å². The first-order valence-corrected chi connectivity index (χ1v) is 10.3. The third kappa shape index (κ3) is 5.31. The second kappa shape index (κ2) is 9.93. The third-order valence-corrected chi connectivity index (χ3v) is 4.98. The lowest BCUT2D eigenvalue weighted by molar-refractivity contribution is -0.130. The van der Waals surface area contributed by atoms with Crippen molar-refractivity contribution in [2.45, 2.75) is 26.3 Å². The maximum Gasteiger partial charge on any atom is 0.272 e. The van der Waals surface area contributed by atoms with Crippen LogP contribution in [-0.2, 0) is 4.79 Å². The van der Waals surface area contributed by atoms with Crippen molar-refractivity contribution in [3.05, 3.63) is 77.6 Å². The molecule has 0 saturated carbocycles. The van der Waals surface area contributed by atoms with Crippen LogP contribution >= 0.6 is 0 Å². The van der Waals surface area contributed by atoms with Gasteiger partial charge in [-0.25, -0.2) is 4.68 Å². The first kappa shape index (κ1) is 22.1. The number of aryl methyl sites for hydroxylation is 1. The van der Waals surface area contributed by atoms with Crippen molar-refractivity contribution in [3.8, 4) is 11.4 Å². The smallest absolute Gasteiger partial charge is 0.272 e. The van der Waals surface area contributed by atoms with Crippen LogP contribution in [0.25, 0.3) is 5.69 Å². The number of hydrogen-bond donors (Lipinski definition) is 1. The number of aromatic nitrogens is 2. The molecule has 1 atom stereocenters. The zero-order valence-corrected chi connectivity index (χ0v) is 18.3. The molecule has 1 heterocycles. The first-order valence-electron chi connectivity index (χ1n) is 10.3. The molecule has 0 aliphatic rings. The zero-order chi connectivity index (χ0) is 22.4. The van der Waals surface area contributed by atoms with Gasteiger partial charge in [0.2, 0.25) is 0 Å². The average molecular weight is 421 g/mol. The summed E-state index contributed by atoms with van der Waals surface area (Å²) in [5.74, 6) is 0.188. The molecule has 162 valence electrons. The quantitative estimate of drug-likeness (QED) is 0.605. The van der Waals surface area contributed by atoms with Gasteiger partial charge in [0.15, 0.2) is 12.3 Å². The van der Waals surface area contributed by atoms with Crippen LogP contribution in [0.2, 0.25) is 0 Å². The van der Waals surface area contributed by atoms with Crippen molar-refractivity contribution in [2.75, 3.05) is 20.7 Å². The van der Waals surface area contributed by atoms with Crippen LogP contribution in [0.5, 0.6) is 5.75 Å². The SMILES string of the molecule is CCC(NC(=O)c1cc(C)n(-c2ccccc2)n1)c1ccccc1OCC(=O)N(C)C. The minimum Gasteiger partial charge on any atom is -0.483 e. The Bertz CT molecular complexity index is 1040. The number of hydrogen-bond acceptors (Lipinski definition) is 4. The van der Waals surface area contributed by atoms with Crippen LogP contribution in [0.3, 0.4) is 0 Å². The van der Waals surface area contributed by atoms with E-state index in [2.05, 4.69) is 10.4 Å². The second-order valence-electron chi connectivity index (χ2n) is 7.47. The van der Waals surface area contributed by atoms with E-state index in [9.17, 15) is 9.59 Å². The highest BCUT2D eigenvalue weighted by Crippen LogP contribution is 2.27. The molecule has 0 aliphatic carbocycles. The zero-order valence-electron chi connectivity index (χ0n) is 18.3. The minimum atomic E-state index is -0.277. The summed E-state index contributed by atoms with van der Waals surface area (Å²) >= 11 is 0. The largest absolute Gasteiger partial charge is 0.483 e. The van der Waals surface area contributed by atoms with E-state index in [-0.39, 0.29) is 24.5 Å². The van der Waals surface area contributed by atoms with E-state index >= 15 is 0 Å². The fraction of sp³-hybridized carbons (Fsp3) is 0.292. The standard InChI is InChI=1S/C24H28N4O3/c1-5-20(19-13-9-10-14-22(19)31-16-23(29)27(3)4)25-24(30)21-15-17(2)28(26-21)18-11-7-6-8-12-18/h6-15,20H,5,16H2,1-4H3,(H,25,30). The molecule has 0 spiro atoms. The molecular formula is C24H28N4O3. The minimum absolute atomic E-state index is 0.0604. The first-order chi connectivity index (χ1) is 14.9. The summed E-state index contributed by atoms with van der Waals surface area (Å²) < 4.78 is 7.50. The van der Waals surface area contributed by atoms with Gasteiger partial charge in [0.1, 0.15) is 5.75 Å². The molecule has 3 aromatic rings. The molecular weight excluding hydrogens is 392 g/mol. The number of rotatable bonds is 8. The molecule has 2 amide bonds. The van der Waals surface area contributed by atoms with Crippen molar-refractivity contribution in [1.29, 1.82) is 0 Å². The number of benzene rings is 2. The van der Waals surface area contributed by atoms with Gasteiger partial charge in [0, 0.05) is 25.4 Å². The summed E-state index contributed by atoms with van der Waals surface area (Å²) in [6.45, 7) is 3.84.